The van der Waals surface area contributed by atoms with Gasteiger partial charge in [-0.05, 0) is 144 Å². The maximum atomic E-state index is 2.45. The first-order valence-corrected chi connectivity index (χ1v) is 19.8. The molecule has 0 aromatic heterocycles. The quantitative estimate of drug-likeness (QED) is 0.158. The van der Waals surface area contributed by atoms with Crippen LogP contribution < -0.4 is 9.80 Å². The van der Waals surface area contributed by atoms with Crippen LogP contribution in [-0.2, 0) is 5.41 Å². The van der Waals surface area contributed by atoms with Crippen molar-refractivity contribution in [2.45, 2.75) is 39.0 Å². The van der Waals surface area contributed by atoms with Crippen LogP contribution in [0.3, 0.4) is 0 Å². The van der Waals surface area contributed by atoms with Crippen molar-refractivity contribution in [2.24, 2.45) is 0 Å². The van der Waals surface area contributed by atoms with Crippen molar-refractivity contribution < 1.29 is 0 Å². The molecule has 0 saturated heterocycles. The molecule has 0 aliphatic heterocycles. The predicted octanol–water partition coefficient (Wildman–Crippen LogP) is 15.6. The Kier molecular flexibility index (Phi) is 8.22. The summed E-state index contributed by atoms with van der Waals surface area (Å²) in [6, 6.07) is 62.7. The van der Waals surface area contributed by atoms with E-state index in [4.69, 9.17) is 0 Å². The van der Waals surface area contributed by atoms with Crippen LogP contribution in [0.15, 0.2) is 194 Å². The van der Waals surface area contributed by atoms with Crippen LogP contribution in [0.25, 0.3) is 53.9 Å². The van der Waals surface area contributed by atoms with Gasteiger partial charge in [0.05, 0.1) is 0 Å². The summed E-state index contributed by atoms with van der Waals surface area (Å²) in [5, 5.41) is 12.8. The van der Waals surface area contributed by atoms with Crippen LogP contribution in [-0.4, -0.2) is 0 Å². The zero-order valence-corrected chi connectivity index (χ0v) is 32.2. The Bertz CT molecular complexity index is 2960. The molecule has 0 amide bonds. The molecule has 9 aromatic carbocycles. The van der Waals surface area contributed by atoms with Crippen molar-refractivity contribution in [3.63, 3.8) is 0 Å². The third-order valence-corrected chi connectivity index (χ3v) is 11.5. The SMILES string of the molecule is CC(C)(C)c1cccc(N(C2=CCCC=C2)c2ccc3c(c2)c2ccccc2c2c4ccc(N(c5ccccc5)c5ccccc5)cc4c4ccccc4c32)c1. The minimum atomic E-state index is 0.0446. The number of hydrogen-bond donors (Lipinski definition) is 0. The van der Waals surface area contributed by atoms with Gasteiger partial charge in [0.1, 0.15) is 0 Å². The maximum Gasteiger partial charge on any atom is 0.0468 e. The van der Waals surface area contributed by atoms with Gasteiger partial charge in [-0.1, -0.05) is 142 Å². The Morgan fingerprint density at radius 2 is 0.839 bits per heavy atom. The molecule has 0 radical (unpaired) electrons. The van der Waals surface area contributed by atoms with E-state index < -0.39 is 0 Å². The predicted molar refractivity (Wildman–Crippen MR) is 242 cm³/mol. The highest BCUT2D eigenvalue weighted by Crippen LogP contribution is 2.47. The van der Waals surface area contributed by atoms with Gasteiger partial charge in [-0.15, -0.1) is 0 Å². The second-order valence-electron chi connectivity index (χ2n) is 16.1. The van der Waals surface area contributed by atoms with E-state index in [-0.39, 0.29) is 5.41 Å². The molecule has 0 bridgehead atoms. The number of nitrogens with zero attached hydrogens (tertiary/aromatic N) is 2. The van der Waals surface area contributed by atoms with E-state index in [1.54, 1.807) is 0 Å². The Hall–Kier alpha value is -6.64. The van der Waals surface area contributed by atoms with Crippen molar-refractivity contribution >= 4 is 82.3 Å². The van der Waals surface area contributed by atoms with Crippen LogP contribution in [0.5, 0.6) is 0 Å². The summed E-state index contributed by atoms with van der Waals surface area (Å²) in [7, 11) is 0. The van der Waals surface area contributed by atoms with Gasteiger partial charge in [-0.2, -0.15) is 0 Å². The van der Waals surface area contributed by atoms with E-state index in [1.807, 2.05) is 0 Å². The molecule has 270 valence electrons. The van der Waals surface area contributed by atoms with Crippen molar-refractivity contribution in [1.29, 1.82) is 0 Å². The molecule has 1 aliphatic carbocycles. The third kappa shape index (κ3) is 5.72. The Balaban J connectivity index is 1.25. The molecular formula is C54H44N2. The smallest absolute Gasteiger partial charge is 0.0468 e. The normalized spacial score (nSPS) is 13.2. The summed E-state index contributed by atoms with van der Waals surface area (Å²) in [4.78, 5) is 4.81. The molecule has 1 aliphatic rings. The lowest BCUT2D eigenvalue weighted by atomic mass is 9.86. The van der Waals surface area contributed by atoms with Crippen LogP contribution in [0.1, 0.15) is 39.2 Å². The van der Waals surface area contributed by atoms with E-state index in [1.165, 1.54) is 76.5 Å². The Labute approximate surface area is 329 Å². The number of allylic oxidation sites excluding steroid dienone is 3. The highest BCUT2D eigenvalue weighted by molar-refractivity contribution is 6.39. The van der Waals surface area contributed by atoms with Crippen LogP contribution in [0.2, 0.25) is 0 Å². The van der Waals surface area contributed by atoms with Crippen LogP contribution >= 0.6 is 0 Å². The second kappa shape index (κ2) is 13.6. The summed E-state index contributed by atoms with van der Waals surface area (Å²) in [5.74, 6) is 0. The van der Waals surface area contributed by atoms with E-state index in [9.17, 15) is 0 Å². The lowest BCUT2D eigenvalue weighted by molar-refractivity contribution is 0.590. The lowest BCUT2D eigenvalue weighted by Gasteiger charge is -2.30. The molecular weight excluding hydrogens is 677 g/mol. The molecule has 9 aromatic rings. The van der Waals surface area contributed by atoms with Crippen molar-refractivity contribution in [3.05, 3.63) is 199 Å². The molecule has 0 unspecified atom stereocenters. The molecule has 0 spiro atoms. The van der Waals surface area contributed by atoms with Gasteiger partial charge in [0.15, 0.2) is 0 Å². The van der Waals surface area contributed by atoms with E-state index in [0.29, 0.717) is 0 Å². The number of anilines is 5. The highest BCUT2D eigenvalue weighted by atomic mass is 15.1. The van der Waals surface area contributed by atoms with Gasteiger partial charge in [0.2, 0.25) is 0 Å². The first kappa shape index (κ1) is 33.9. The summed E-state index contributed by atoms with van der Waals surface area (Å²) >= 11 is 0. The fourth-order valence-corrected chi connectivity index (χ4v) is 8.85. The van der Waals surface area contributed by atoms with Crippen molar-refractivity contribution in [1.82, 2.24) is 0 Å². The molecule has 2 nitrogen and oxygen atoms in total. The number of hydrogen-bond acceptors (Lipinski definition) is 2. The molecule has 0 saturated carbocycles. The minimum absolute atomic E-state index is 0.0446. The molecule has 0 fully saturated rings. The van der Waals surface area contributed by atoms with Gasteiger partial charge >= 0.3 is 0 Å². The summed E-state index contributed by atoms with van der Waals surface area (Å²) in [5.41, 5.74) is 8.35. The van der Waals surface area contributed by atoms with Crippen molar-refractivity contribution in [3.8, 4) is 0 Å². The standard InChI is InChI=1S/C54H44N2/c1-54(2,3)37-18-17-25-41(34-37)56(40-23-11-6-12-24-40)43-31-33-49-51(36-43)45-27-14-16-29-47(45)52-48-32-30-42(35-50(48)44-26-13-15-28-46(44)53(49)52)55(38-19-7-4-8-20-38)39-21-9-5-10-22-39/h4-5,7-11,13-36H,6,12H2,1-3H3. The maximum absolute atomic E-state index is 2.45. The minimum Gasteiger partial charge on any atom is -0.311 e. The van der Waals surface area contributed by atoms with Crippen LogP contribution in [0.4, 0.5) is 28.4 Å². The number of benzene rings is 9. The number of fused-ring (bicyclic) bond motifs is 11. The Morgan fingerprint density at radius 3 is 1.36 bits per heavy atom. The summed E-state index contributed by atoms with van der Waals surface area (Å²) in [6.45, 7) is 6.88. The first-order valence-electron chi connectivity index (χ1n) is 19.8. The number of para-hydroxylation sites is 2. The van der Waals surface area contributed by atoms with E-state index in [2.05, 4.69) is 219 Å². The molecule has 0 N–H and O–H groups in total. The van der Waals surface area contributed by atoms with Gasteiger partial charge in [0, 0.05) is 34.1 Å². The molecule has 0 heterocycles. The average Bonchev–Trinajstić information content (AvgIpc) is 3.25. The lowest BCUT2D eigenvalue weighted by Crippen LogP contribution is -2.18. The molecule has 0 atom stereocenters. The van der Waals surface area contributed by atoms with Gasteiger partial charge in [0.25, 0.3) is 0 Å². The monoisotopic (exact) mass is 720 g/mol. The topological polar surface area (TPSA) is 6.48 Å². The highest BCUT2D eigenvalue weighted by Gasteiger charge is 2.22. The van der Waals surface area contributed by atoms with Gasteiger partial charge < -0.3 is 9.80 Å². The largest absolute Gasteiger partial charge is 0.311 e. The zero-order chi connectivity index (χ0) is 37.8. The third-order valence-electron chi connectivity index (χ3n) is 11.5. The molecule has 2 heteroatoms. The molecule has 10 rings (SSSR count). The first-order chi connectivity index (χ1) is 27.4. The van der Waals surface area contributed by atoms with Crippen LogP contribution in [0, 0.1) is 0 Å². The fourth-order valence-electron chi connectivity index (χ4n) is 8.85. The van der Waals surface area contributed by atoms with E-state index in [0.717, 1.165) is 29.9 Å². The van der Waals surface area contributed by atoms with E-state index >= 15 is 0 Å². The number of rotatable bonds is 6. The summed E-state index contributed by atoms with van der Waals surface area (Å²) < 4.78 is 0. The fraction of sp³-hybridized carbons (Fsp3) is 0.111. The second-order valence-corrected chi connectivity index (χ2v) is 16.1. The Morgan fingerprint density at radius 1 is 0.375 bits per heavy atom. The summed E-state index contributed by atoms with van der Waals surface area (Å²) in [6.07, 6.45) is 9.10. The molecule has 56 heavy (non-hydrogen) atoms. The van der Waals surface area contributed by atoms with Gasteiger partial charge in [-0.3, -0.25) is 0 Å². The van der Waals surface area contributed by atoms with Crippen molar-refractivity contribution in [2.75, 3.05) is 9.80 Å². The average molecular weight is 721 g/mol. The zero-order valence-electron chi connectivity index (χ0n) is 32.2. The van der Waals surface area contributed by atoms with Gasteiger partial charge in [-0.25, -0.2) is 0 Å².